The van der Waals surface area contributed by atoms with Crippen LogP contribution < -0.4 is 11.0 Å². The van der Waals surface area contributed by atoms with E-state index in [4.69, 9.17) is 16.3 Å². The zero-order valence-electron chi connectivity index (χ0n) is 22.5. The quantitative estimate of drug-likeness (QED) is 0.346. The molecular weight excluding hydrogens is 526 g/mol. The van der Waals surface area contributed by atoms with Crippen LogP contribution in [0.15, 0.2) is 65.7 Å². The Hall–Kier alpha value is -3.75. The topological polar surface area (TPSA) is 91.0 Å². The Bertz CT molecular complexity index is 1630. The first-order chi connectivity index (χ1) is 19.5. The summed E-state index contributed by atoms with van der Waals surface area (Å²) in [5.41, 5.74) is 5.78. The lowest BCUT2D eigenvalue weighted by Crippen LogP contribution is -2.39. The van der Waals surface area contributed by atoms with Gasteiger partial charge in [-0.1, -0.05) is 29.8 Å². The molecule has 0 radical (unpaired) electrons. The number of carbonyl (C=O) groups excluding carboxylic acids is 1. The van der Waals surface area contributed by atoms with Crippen molar-refractivity contribution in [3.8, 4) is 5.69 Å². The third kappa shape index (κ3) is 5.33. The highest BCUT2D eigenvalue weighted by molar-refractivity contribution is 6.30. The molecule has 1 aromatic carbocycles. The van der Waals surface area contributed by atoms with Gasteiger partial charge < -0.3 is 10.1 Å². The monoisotopic (exact) mass is 557 g/mol. The SMILES string of the molecule is Cc1ncc(Cl)cc1C(=O)NC1CCC(Cn2c(=O)n(-c3ccc(C4=CCOCC4)nc3)c3ccccc32)CC1. The summed E-state index contributed by atoms with van der Waals surface area (Å²) in [7, 11) is 0. The van der Waals surface area contributed by atoms with Crippen LogP contribution >= 0.6 is 11.6 Å². The number of aryl methyl sites for hydroxylation is 1. The number of nitrogens with zero attached hydrogens (tertiary/aromatic N) is 4. The summed E-state index contributed by atoms with van der Waals surface area (Å²) in [5, 5.41) is 3.61. The number of pyridine rings is 2. The number of para-hydroxylation sites is 2. The van der Waals surface area contributed by atoms with Crippen molar-refractivity contribution in [2.24, 2.45) is 5.92 Å². The van der Waals surface area contributed by atoms with Crippen molar-refractivity contribution in [2.75, 3.05) is 13.2 Å². The van der Waals surface area contributed by atoms with Crippen LogP contribution in [0.2, 0.25) is 5.02 Å². The number of hydrogen-bond acceptors (Lipinski definition) is 5. The lowest BCUT2D eigenvalue weighted by atomic mass is 9.85. The molecule has 9 heteroatoms. The van der Waals surface area contributed by atoms with E-state index >= 15 is 0 Å². The maximum absolute atomic E-state index is 13.8. The number of aromatic nitrogens is 4. The van der Waals surface area contributed by atoms with Gasteiger partial charge in [0.2, 0.25) is 0 Å². The van der Waals surface area contributed by atoms with Crippen molar-refractivity contribution >= 4 is 34.1 Å². The van der Waals surface area contributed by atoms with Crippen LogP contribution in [-0.2, 0) is 11.3 Å². The Morgan fingerprint density at radius 3 is 2.60 bits per heavy atom. The predicted octanol–water partition coefficient (Wildman–Crippen LogP) is 5.34. The molecule has 0 unspecified atom stereocenters. The molecule has 0 atom stereocenters. The number of nitrogens with one attached hydrogen (secondary N) is 1. The molecule has 0 spiro atoms. The van der Waals surface area contributed by atoms with Gasteiger partial charge in [-0.05, 0) is 80.9 Å². The molecule has 1 saturated carbocycles. The molecule has 1 N–H and O–H groups in total. The third-order valence-electron chi connectivity index (χ3n) is 8.05. The second-order valence-electron chi connectivity index (χ2n) is 10.7. The molecule has 206 valence electrons. The Morgan fingerprint density at radius 2 is 1.88 bits per heavy atom. The van der Waals surface area contributed by atoms with E-state index in [1.165, 1.54) is 5.57 Å². The molecule has 0 bridgehead atoms. The van der Waals surface area contributed by atoms with Gasteiger partial charge in [-0.2, -0.15) is 0 Å². The fourth-order valence-corrected chi connectivity index (χ4v) is 6.01. The van der Waals surface area contributed by atoms with Gasteiger partial charge in [0.05, 0.1) is 58.1 Å². The van der Waals surface area contributed by atoms with Gasteiger partial charge in [-0.15, -0.1) is 0 Å². The largest absolute Gasteiger partial charge is 0.377 e. The molecule has 3 aromatic heterocycles. The zero-order valence-corrected chi connectivity index (χ0v) is 23.2. The summed E-state index contributed by atoms with van der Waals surface area (Å²) in [6, 6.07) is 13.6. The van der Waals surface area contributed by atoms with Crippen LogP contribution in [0, 0.1) is 12.8 Å². The summed E-state index contributed by atoms with van der Waals surface area (Å²) in [6.07, 6.45) is 9.83. The van der Waals surface area contributed by atoms with Crippen molar-refractivity contribution in [3.05, 3.63) is 93.4 Å². The normalized spacial score (nSPS) is 19.4. The van der Waals surface area contributed by atoms with E-state index in [0.29, 0.717) is 42.0 Å². The number of carbonyl (C=O) groups is 1. The van der Waals surface area contributed by atoms with Gasteiger partial charge >= 0.3 is 5.69 Å². The lowest BCUT2D eigenvalue weighted by Gasteiger charge is -2.29. The number of hydrogen-bond donors (Lipinski definition) is 1. The summed E-state index contributed by atoms with van der Waals surface area (Å²) in [6.45, 7) is 3.77. The molecule has 40 heavy (non-hydrogen) atoms. The first-order valence-corrected chi connectivity index (χ1v) is 14.2. The second kappa shape index (κ2) is 11.4. The van der Waals surface area contributed by atoms with E-state index in [9.17, 15) is 9.59 Å². The van der Waals surface area contributed by atoms with E-state index in [0.717, 1.165) is 54.5 Å². The Kier molecular flexibility index (Phi) is 7.54. The minimum Gasteiger partial charge on any atom is -0.377 e. The van der Waals surface area contributed by atoms with Gasteiger partial charge in [0.1, 0.15) is 0 Å². The first-order valence-electron chi connectivity index (χ1n) is 13.8. The van der Waals surface area contributed by atoms with E-state index in [2.05, 4.69) is 21.4 Å². The molecule has 4 heterocycles. The highest BCUT2D eigenvalue weighted by Gasteiger charge is 2.26. The Balaban J connectivity index is 1.17. The minimum absolute atomic E-state index is 0.0552. The smallest absolute Gasteiger partial charge is 0.333 e. The standard InChI is InChI=1S/C31H32ClN5O3/c1-20-26(16-23(32)17-33-20)30(38)35-24-8-6-21(7-9-24)19-36-28-4-2-3-5-29(28)37(31(36)39)25-10-11-27(34-18-25)22-12-14-40-15-13-22/h2-5,10-12,16-18,21,24H,6-9,13-15,19H2,1H3,(H,35,38). The highest BCUT2D eigenvalue weighted by Crippen LogP contribution is 2.28. The number of amides is 1. The Morgan fingerprint density at radius 1 is 1.07 bits per heavy atom. The van der Waals surface area contributed by atoms with Gasteiger partial charge in [0, 0.05) is 18.8 Å². The summed E-state index contributed by atoms with van der Waals surface area (Å²) < 4.78 is 9.07. The molecule has 0 saturated heterocycles. The van der Waals surface area contributed by atoms with Gasteiger partial charge in [0.15, 0.2) is 0 Å². The molecule has 2 aliphatic rings. The van der Waals surface area contributed by atoms with Crippen molar-refractivity contribution in [1.29, 1.82) is 0 Å². The van der Waals surface area contributed by atoms with Crippen molar-refractivity contribution in [1.82, 2.24) is 24.4 Å². The van der Waals surface area contributed by atoms with Gasteiger partial charge in [0.25, 0.3) is 5.91 Å². The average molecular weight is 558 g/mol. The maximum atomic E-state index is 13.8. The molecule has 6 rings (SSSR count). The number of ether oxygens (including phenoxy) is 1. The third-order valence-corrected chi connectivity index (χ3v) is 8.26. The van der Waals surface area contributed by atoms with Crippen molar-refractivity contribution in [2.45, 2.75) is 51.6 Å². The summed E-state index contributed by atoms with van der Waals surface area (Å²) in [5.74, 6) is 0.212. The van der Waals surface area contributed by atoms with Crippen LogP contribution in [0.3, 0.4) is 0 Å². The molecule has 4 aromatic rings. The van der Waals surface area contributed by atoms with E-state index in [1.54, 1.807) is 23.0 Å². The van der Waals surface area contributed by atoms with E-state index in [-0.39, 0.29) is 17.6 Å². The molecule has 1 amide bonds. The maximum Gasteiger partial charge on any atom is 0.333 e. The number of rotatable bonds is 6. The van der Waals surface area contributed by atoms with Crippen LogP contribution in [0.5, 0.6) is 0 Å². The molecule has 1 fully saturated rings. The Labute approximate surface area is 237 Å². The van der Waals surface area contributed by atoms with E-state index < -0.39 is 0 Å². The molecule has 1 aliphatic heterocycles. The number of fused-ring (bicyclic) bond motifs is 1. The number of imidazole rings is 1. The van der Waals surface area contributed by atoms with Crippen LogP contribution in [0.1, 0.15) is 53.8 Å². The fraction of sp³-hybridized carbons (Fsp3) is 0.355. The van der Waals surface area contributed by atoms with Crippen LogP contribution in [-0.4, -0.2) is 44.3 Å². The summed E-state index contributed by atoms with van der Waals surface area (Å²) in [4.78, 5) is 35.5. The highest BCUT2D eigenvalue weighted by atomic mass is 35.5. The fourth-order valence-electron chi connectivity index (χ4n) is 5.85. The first kappa shape index (κ1) is 26.5. The number of halogens is 1. The van der Waals surface area contributed by atoms with Crippen LogP contribution in [0.4, 0.5) is 0 Å². The van der Waals surface area contributed by atoms with Gasteiger partial charge in [-0.3, -0.25) is 23.9 Å². The van der Waals surface area contributed by atoms with Gasteiger partial charge in [-0.25, -0.2) is 4.79 Å². The van der Waals surface area contributed by atoms with Crippen molar-refractivity contribution in [3.63, 3.8) is 0 Å². The summed E-state index contributed by atoms with van der Waals surface area (Å²) >= 11 is 6.05. The van der Waals surface area contributed by atoms with Crippen molar-refractivity contribution < 1.29 is 9.53 Å². The predicted molar refractivity (Wildman–Crippen MR) is 156 cm³/mol. The molecule has 1 aliphatic carbocycles. The zero-order chi connectivity index (χ0) is 27.6. The van der Waals surface area contributed by atoms with E-state index in [1.807, 2.05) is 47.9 Å². The molecular formula is C31H32ClN5O3. The van der Waals surface area contributed by atoms with Crippen LogP contribution in [0.25, 0.3) is 22.3 Å². The number of benzene rings is 1. The second-order valence-corrected chi connectivity index (χ2v) is 11.1. The molecule has 8 nitrogen and oxygen atoms in total. The average Bonchev–Trinajstić information content (AvgIpc) is 3.26. The minimum atomic E-state index is -0.136. The lowest BCUT2D eigenvalue weighted by molar-refractivity contribution is 0.0919.